The molecule has 0 aliphatic rings. The molecular formula is C7H11NO3. The zero-order valence-electron chi connectivity index (χ0n) is 6.66. The summed E-state index contributed by atoms with van der Waals surface area (Å²) in [6, 6.07) is 1.70. The first-order chi connectivity index (χ1) is 5.20. The Kier molecular flexibility index (Phi) is 5.13. The van der Waals surface area contributed by atoms with E-state index in [0.717, 1.165) is 0 Å². The van der Waals surface area contributed by atoms with E-state index in [9.17, 15) is 4.79 Å². The van der Waals surface area contributed by atoms with Crippen LogP contribution in [0.4, 0.5) is 0 Å². The number of carbonyl (C=O) groups excluding carboxylic acids is 1. The molecule has 1 atom stereocenters. The van der Waals surface area contributed by atoms with Crippen molar-refractivity contribution in [2.45, 2.75) is 19.4 Å². The SMILES string of the molecule is COCC(C)OC(=O)CC#N. The van der Waals surface area contributed by atoms with Gasteiger partial charge in [0.2, 0.25) is 0 Å². The average molecular weight is 157 g/mol. The Bertz CT molecular complexity index is 162. The predicted molar refractivity (Wildman–Crippen MR) is 37.7 cm³/mol. The molecule has 62 valence electrons. The Balaban J connectivity index is 3.50. The highest BCUT2D eigenvalue weighted by molar-refractivity contribution is 5.71. The summed E-state index contributed by atoms with van der Waals surface area (Å²) in [7, 11) is 1.52. The van der Waals surface area contributed by atoms with Crippen LogP contribution in [0.2, 0.25) is 0 Å². The summed E-state index contributed by atoms with van der Waals surface area (Å²) in [5.41, 5.74) is 0. The zero-order valence-corrected chi connectivity index (χ0v) is 6.66. The van der Waals surface area contributed by atoms with Crippen molar-refractivity contribution in [3.05, 3.63) is 0 Å². The first-order valence-electron chi connectivity index (χ1n) is 3.26. The largest absolute Gasteiger partial charge is 0.459 e. The predicted octanol–water partition coefficient (Wildman–Crippen LogP) is 0.478. The van der Waals surface area contributed by atoms with E-state index in [4.69, 9.17) is 14.7 Å². The van der Waals surface area contributed by atoms with Gasteiger partial charge in [-0.15, -0.1) is 0 Å². The second kappa shape index (κ2) is 5.69. The molecule has 0 saturated heterocycles. The van der Waals surface area contributed by atoms with Crippen molar-refractivity contribution in [3.63, 3.8) is 0 Å². The van der Waals surface area contributed by atoms with E-state index in [1.165, 1.54) is 7.11 Å². The third kappa shape index (κ3) is 5.37. The van der Waals surface area contributed by atoms with Crippen LogP contribution in [0.15, 0.2) is 0 Å². The van der Waals surface area contributed by atoms with Crippen molar-refractivity contribution >= 4 is 5.97 Å². The van der Waals surface area contributed by atoms with Gasteiger partial charge in [-0.25, -0.2) is 0 Å². The Morgan fingerprint density at radius 1 is 1.73 bits per heavy atom. The molecule has 0 spiro atoms. The molecule has 0 bridgehead atoms. The molecule has 0 aliphatic carbocycles. The maximum absolute atomic E-state index is 10.6. The molecule has 0 radical (unpaired) electrons. The lowest BCUT2D eigenvalue weighted by molar-refractivity contribution is -0.149. The number of nitriles is 1. The molecular weight excluding hydrogens is 146 g/mol. The minimum Gasteiger partial charge on any atom is -0.459 e. The van der Waals surface area contributed by atoms with Crippen LogP contribution in [0, 0.1) is 11.3 Å². The quantitative estimate of drug-likeness (QED) is 0.557. The smallest absolute Gasteiger partial charge is 0.320 e. The summed E-state index contributed by atoms with van der Waals surface area (Å²) >= 11 is 0. The number of methoxy groups -OCH3 is 1. The fraction of sp³-hybridized carbons (Fsp3) is 0.714. The molecule has 0 aromatic carbocycles. The van der Waals surface area contributed by atoms with Gasteiger partial charge in [-0.05, 0) is 6.92 Å². The Morgan fingerprint density at radius 3 is 2.82 bits per heavy atom. The normalized spacial score (nSPS) is 11.7. The summed E-state index contributed by atoms with van der Waals surface area (Å²) in [6.45, 7) is 2.07. The molecule has 1 unspecified atom stereocenters. The summed E-state index contributed by atoms with van der Waals surface area (Å²) in [5, 5.41) is 8.10. The van der Waals surface area contributed by atoms with Crippen molar-refractivity contribution in [3.8, 4) is 6.07 Å². The van der Waals surface area contributed by atoms with Crippen molar-refractivity contribution in [1.82, 2.24) is 0 Å². The zero-order chi connectivity index (χ0) is 8.69. The van der Waals surface area contributed by atoms with E-state index in [1.807, 2.05) is 0 Å². The van der Waals surface area contributed by atoms with Gasteiger partial charge in [-0.2, -0.15) is 5.26 Å². The third-order valence-electron chi connectivity index (χ3n) is 0.957. The lowest BCUT2D eigenvalue weighted by atomic mass is 10.4. The maximum Gasteiger partial charge on any atom is 0.320 e. The van der Waals surface area contributed by atoms with Gasteiger partial charge in [0.15, 0.2) is 0 Å². The van der Waals surface area contributed by atoms with E-state index in [0.29, 0.717) is 6.61 Å². The van der Waals surface area contributed by atoms with Crippen molar-refractivity contribution in [1.29, 1.82) is 5.26 Å². The fourth-order valence-corrected chi connectivity index (χ4v) is 0.599. The standard InChI is InChI=1S/C7H11NO3/c1-6(5-10-2)11-7(9)3-4-8/h6H,3,5H2,1-2H3. The lowest BCUT2D eigenvalue weighted by Gasteiger charge is -2.09. The molecule has 0 aromatic rings. The molecule has 0 rings (SSSR count). The Morgan fingerprint density at radius 2 is 2.36 bits per heavy atom. The fourth-order valence-electron chi connectivity index (χ4n) is 0.599. The average Bonchev–Trinajstić information content (AvgIpc) is 1.87. The van der Waals surface area contributed by atoms with Crippen LogP contribution in [-0.4, -0.2) is 25.8 Å². The summed E-state index contributed by atoms with van der Waals surface area (Å²) in [6.07, 6.45) is -0.477. The van der Waals surface area contributed by atoms with Crippen LogP contribution in [0.3, 0.4) is 0 Å². The van der Waals surface area contributed by atoms with Gasteiger partial charge in [0.05, 0.1) is 12.7 Å². The first-order valence-corrected chi connectivity index (χ1v) is 3.26. The van der Waals surface area contributed by atoms with Gasteiger partial charge in [-0.3, -0.25) is 4.79 Å². The molecule has 0 amide bonds. The summed E-state index contributed by atoms with van der Waals surface area (Å²) in [4.78, 5) is 10.6. The number of hydrogen-bond donors (Lipinski definition) is 0. The number of rotatable bonds is 4. The molecule has 4 nitrogen and oxygen atoms in total. The van der Waals surface area contributed by atoms with E-state index >= 15 is 0 Å². The van der Waals surface area contributed by atoms with Crippen LogP contribution in [0.5, 0.6) is 0 Å². The lowest BCUT2D eigenvalue weighted by Crippen LogP contribution is -2.18. The molecule has 11 heavy (non-hydrogen) atoms. The molecule has 0 fully saturated rings. The molecule has 0 N–H and O–H groups in total. The van der Waals surface area contributed by atoms with Gasteiger partial charge < -0.3 is 9.47 Å². The Hall–Kier alpha value is -1.08. The van der Waals surface area contributed by atoms with Crippen molar-refractivity contribution in [2.75, 3.05) is 13.7 Å². The van der Waals surface area contributed by atoms with E-state index in [2.05, 4.69) is 0 Å². The van der Waals surface area contributed by atoms with Crippen LogP contribution >= 0.6 is 0 Å². The highest BCUT2D eigenvalue weighted by atomic mass is 16.6. The minimum absolute atomic E-state index is 0.200. The molecule has 0 aromatic heterocycles. The van der Waals surface area contributed by atoms with Gasteiger partial charge in [0, 0.05) is 7.11 Å². The van der Waals surface area contributed by atoms with E-state index < -0.39 is 5.97 Å². The van der Waals surface area contributed by atoms with E-state index in [1.54, 1.807) is 13.0 Å². The van der Waals surface area contributed by atoms with Crippen LogP contribution < -0.4 is 0 Å². The van der Waals surface area contributed by atoms with Crippen LogP contribution in [-0.2, 0) is 14.3 Å². The van der Waals surface area contributed by atoms with Crippen molar-refractivity contribution < 1.29 is 14.3 Å². The number of esters is 1. The van der Waals surface area contributed by atoms with Gasteiger partial charge in [0.25, 0.3) is 0 Å². The summed E-state index contributed by atoms with van der Waals surface area (Å²) < 4.78 is 9.47. The highest BCUT2D eigenvalue weighted by Crippen LogP contribution is 1.93. The van der Waals surface area contributed by atoms with Gasteiger partial charge in [-0.1, -0.05) is 0 Å². The van der Waals surface area contributed by atoms with Gasteiger partial charge >= 0.3 is 5.97 Å². The third-order valence-corrected chi connectivity index (χ3v) is 0.957. The molecule has 4 heteroatoms. The second-order valence-corrected chi connectivity index (χ2v) is 2.09. The Labute approximate surface area is 65.7 Å². The minimum atomic E-state index is -0.503. The molecule has 0 aliphatic heterocycles. The summed E-state index contributed by atoms with van der Waals surface area (Å²) in [5.74, 6) is -0.503. The van der Waals surface area contributed by atoms with E-state index in [-0.39, 0.29) is 12.5 Å². The number of ether oxygens (including phenoxy) is 2. The van der Waals surface area contributed by atoms with Crippen LogP contribution in [0.1, 0.15) is 13.3 Å². The molecule has 0 heterocycles. The monoisotopic (exact) mass is 157 g/mol. The van der Waals surface area contributed by atoms with Crippen molar-refractivity contribution in [2.24, 2.45) is 0 Å². The maximum atomic E-state index is 10.6. The first kappa shape index (κ1) is 9.92. The number of carbonyl (C=O) groups is 1. The van der Waals surface area contributed by atoms with Gasteiger partial charge in [0.1, 0.15) is 12.5 Å². The number of nitrogens with zero attached hydrogens (tertiary/aromatic N) is 1. The van der Waals surface area contributed by atoms with Crippen LogP contribution in [0.25, 0.3) is 0 Å². The highest BCUT2D eigenvalue weighted by Gasteiger charge is 2.07. The number of hydrogen-bond acceptors (Lipinski definition) is 4. The second-order valence-electron chi connectivity index (χ2n) is 2.09. The molecule has 0 saturated carbocycles. The topological polar surface area (TPSA) is 59.3 Å².